The molecule has 7 atom stereocenters. The molecule has 0 aromatic heterocycles. The van der Waals surface area contributed by atoms with Crippen LogP contribution in [0.25, 0.3) is 10.8 Å². The van der Waals surface area contributed by atoms with Crippen molar-refractivity contribution < 1.29 is 63.3 Å². The number of carboxylic acid groups (broad SMARTS) is 2. The Balaban J connectivity index is 2.00. The Morgan fingerprint density at radius 2 is 1.04 bits per heavy atom. The van der Waals surface area contributed by atoms with Crippen molar-refractivity contribution in [2.45, 2.75) is 120 Å². The van der Waals surface area contributed by atoms with Crippen molar-refractivity contribution in [3.05, 3.63) is 77.9 Å². The van der Waals surface area contributed by atoms with Crippen molar-refractivity contribution in [2.24, 2.45) is 27.9 Å². The molecule has 3 rings (SSSR count). The molecule has 0 bridgehead atoms. The van der Waals surface area contributed by atoms with Gasteiger partial charge in [-0.25, -0.2) is 9.59 Å². The molecule has 420 valence electrons. The lowest BCUT2D eigenvalue weighted by molar-refractivity contribution is -0.142. The summed E-state index contributed by atoms with van der Waals surface area (Å²) in [5.41, 5.74) is 22.7. The fourth-order valence-corrected chi connectivity index (χ4v) is 8.06. The maximum atomic E-state index is 14.5. The molecule has 19 N–H and O–H groups in total. The molecule has 0 spiro atoms. The highest BCUT2D eigenvalue weighted by Gasteiger charge is 2.34. The standard InChI is InChI=1S/C50H71N13O13S/c1-28(64)57-36(19-20-41(66)67)44(70)58-35(11-6-22-55-49(52)53)43(69)61-39(26-30-13-16-31-8-2-3-9-32(31)24-30)46(72)63-40(27-77)47(73)62-38(25-29-14-17-33(65)18-15-29)45(71)59-34(12-7-23-56-50(54)76)42(68)60-37(48(74)75)10-4-5-21-51/h2-3,8-9,13-18,24,34-40,65,77H,4-7,10-12,19-23,25-27,51H2,1H3,(H,57,64)(H,58,70)(H,59,71)(H,60,68)(H,61,69)(H,62,73)(H,63,72)(H,66,67)(H,74,75)(H4,52,53,55)(H3,54,56,76)/t34-,35-,36+,37-,38-,39-,40-/m0/s1. The van der Waals surface area contributed by atoms with Crippen molar-refractivity contribution >= 4 is 88.7 Å². The number of aliphatic imine (C=N–C) groups is 1. The van der Waals surface area contributed by atoms with Crippen molar-refractivity contribution in [2.75, 3.05) is 25.4 Å². The van der Waals surface area contributed by atoms with Gasteiger partial charge in [-0.05, 0) is 91.9 Å². The predicted molar refractivity (Wildman–Crippen MR) is 287 cm³/mol. The van der Waals surface area contributed by atoms with Gasteiger partial charge in [-0.15, -0.1) is 0 Å². The van der Waals surface area contributed by atoms with Crippen LogP contribution in [-0.2, 0) is 56.0 Å². The Bertz CT molecular complexity index is 2550. The number of aromatic hydroxyl groups is 1. The lowest BCUT2D eigenvalue weighted by atomic mass is 10.00. The summed E-state index contributed by atoms with van der Waals surface area (Å²) < 4.78 is 0. The number of benzene rings is 3. The van der Waals surface area contributed by atoms with Crippen LogP contribution in [0.4, 0.5) is 4.79 Å². The third-order valence-electron chi connectivity index (χ3n) is 11.8. The number of carbonyl (C=O) groups is 10. The van der Waals surface area contributed by atoms with E-state index in [1.165, 1.54) is 24.3 Å². The summed E-state index contributed by atoms with van der Waals surface area (Å²) in [6, 6.07) is 7.44. The molecule has 0 aliphatic rings. The number of hydrogen-bond acceptors (Lipinski definition) is 14. The van der Waals surface area contributed by atoms with E-state index >= 15 is 0 Å². The number of primary amides is 1. The first-order valence-corrected chi connectivity index (χ1v) is 25.4. The number of amides is 9. The third-order valence-corrected chi connectivity index (χ3v) is 12.2. The molecule has 26 nitrogen and oxygen atoms in total. The SMILES string of the molecule is CC(=O)N[C@H](CCC(=O)O)C(=O)N[C@@H](CCCN=C(N)N)C(=O)N[C@@H](Cc1ccc2ccccc2c1)C(=O)N[C@@H](CS)C(=O)N[C@@H](Cc1ccc(O)cc1)C(=O)N[C@@H](CCCNC(N)=O)C(=O)N[C@@H](CCCCN)C(=O)O. The number of fused-ring (bicyclic) bond motifs is 1. The van der Waals surface area contributed by atoms with Gasteiger partial charge in [0.05, 0.1) is 0 Å². The largest absolute Gasteiger partial charge is 0.508 e. The summed E-state index contributed by atoms with van der Waals surface area (Å²) in [7, 11) is 0. The number of rotatable bonds is 34. The van der Waals surface area contributed by atoms with Crippen molar-refractivity contribution in [1.29, 1.82) is 0 Å². The fourth-order valence-electron chi connectivity index (χ4n) is 7.81. The zero-order chi connectivity index (χ0) is 57.0. The summed E-state index contributed by atoms with van der Waals surface area (Å²) in [5, 5.41) is 51.0. The Labute approximate surface area is 449 Å². The smallest absolute Gasteiger partial charge is 0.326 e. The average Bonchev–Trinajstić information content (AvgIpc) is 3.37. The van der Waals surface area contributed by atoms with Crippen LogP contribution in [0.2, 0.25) is 0 Å². The summed E-state index contributed by atoms with van der Waals surface area (Å²) in [6.45, 7) is 1.41. The molecule has 0 heterocycles. The number of nitrogens with two attached hydrogens (primary N) is 4. The van der Waals surface area contributed by atoms with Gasteiger partial charge in [0, 0.05) is 45.0 Å². The highest BCUT2D eigenvalue weighted by Crippen LogP contribution is 2.18. The maximum Gasteiger partial charge on any atom is 0.326 e. The summed E-state index contributed by atoms with van der Waals surface area (Å²) in [6.07, 6.45) is -0.406. The molecule has 0 unspecified atom stereocenters. The van der Waals surface area contributed by atoms with Crippen molar-refractivity contribution in [3.8, 4) is 5.75 Å². The third kappa shape index (κ3) is 23.5. The molecule has 0 fully saturated rings. The number of urea groups is 1. The lowest BCUT2D eigenvalue weighted by Crippen LogP contribution is -2.61. The van der Waals surface area contributed by atoms with Gasteiger partial charge in [0.15, 0.2) is 5.96 Å². The number of phenols is 1. The van der Waals surface area contributed by atoms with E-state index < -0.39 is 108 Å². The average molecular weight is 1090 g/mol. The second-order valence-electron chi connectivity index (χ2n) is 18.0. The first-order chi connectivity index (χ1) is 36.6. The minimum Gasteiger partial charge on any atom is -0.508 e. The number of carboxylic acids is 2. The molecule has 77 heavy (non-hydrogen) atoms. The van der Waals surface area contributed by atoms with Crippen LogP contribution in [-0.4, -0.2) is 148 Å². The molecule has 0 radical (unpaired) electrons. The Hall–Kier alpha value is -8.20. The van der Waals surface area contributed by atoms with E-state index in [-0.39, 0.29) is 88.5 Å². The Morgan fingerprint density at radius 1 is 0.558 bits per heavy atom. The molecule has 9 amide bonds. The van der Waals surface area contributed by atoms with Gasteiger partial charge >= 0.3 is 18.0 Å². The Morgan fingerprint density at radius 3 is 1.57 bits per heavy atom. The number of nitrogens with zero attached hydrogens (tertiary/aromatic N) is 1. The van der Waals surface area contributed by atoms with E-state index in [0.29, 0.717) is 24.0 Å². The second-order valence-corrected chi connectivity index (χ2v) is 18.4. The molecule has 27 heteroatoms. The first-order valence-electron chi connectivity index (χ1n) is 24.8. The molecule has 0 saturated heterocycles. The van der Waals surface area contributed by atoms with Gasteiger partial charge in [0.2, 0.25) is 41.4 Å². The van der Waals surface area contributed by atoms with E-state index in [1.54, 1.807) is 18.2 Å². The minimum atomic E-state index is -1.51. The van der Waals surface area contributed by atoms with E-state index in [0.717, 1.165) is 17.7 Å². The number of carbonyl (C=O) groups excluding carboxylic acids is 8. The van der Waals surface area contributed by atoms with E-state index in [4.69, 9.17) is 22.9 Å². The van der Waals surface area contributed by atoms with E-state index in [9.17, 15) is 63.3 Å². The molecule has 0 saturated carbocycles. The van der Waals surface area contributed by atoms with Crippen molar-refractivity contribution in [3.63, 3.8) is 0 Å². The minimum absolute atomic E-state index is 0.0183. The van der Waals surface area contributed by atoms with E-state index in [2.05, 4.69) is 60.2 Å². The monoisotopic (exact) mass is 1090 g/mol. The van der Waals surface area contributed by atoms with Gasteiger partial charge in [-0.2, -0.15) is 12.6 Å². The summed E-state index contributed by atoms with van der Waals surface area (Å²) >= 11 is 4.34. The summed E-state index contributed by atoms with van der Waals surface area (Å²) in [4.78, 5) is 136. The zero-order valence-corrected chi connectivity index (χ0v) is 43.5. The van der Waals surface area contributed by atoms with E-state index in [1.807, 2.05) is 24.3 Å². The fraction of sp³-hybridized carbons (Fsp3) is 0.460. The van der Waals surface area contributed by atoms with Crippen LogP contribution in [0, 0.1) is 0 Å². The lowest BCUT2D eigenvalue weighted by Gasteiger charge is -2.28. The quantitative estimate of drug-likeness (QED) is 0.0137. The zero-order valence-electron chi connectivity index (χ0n) is 42.6. The Kier molecular flexibility index (Phi) is 27.0. The second kappa shape index (κ2) is 33.0. The molecular weight excluding hydrogens is 1020 g/mol. The van der Waals surface area contributed by atoms with Gasteiger partial charge in [0.1, 0.15) is 48.0 Å². The summed E-state index contributed by atoms with van der Waals surface area (Å²) in [5.74, 6) is -9.40. The molecule has 3 aromatic rings. The predicted octanol–water partition coefficient (Wildman–Crippen LogP) is -1.75. The number of guanidine groups is 1. The number of phenolic OH excluding ortho intramolecular Hbond substituents is 1. The number of unbranched alkanes of at least 4 members (excludes halogenated alkanes) is 1. The normalized spacial score (nSPS) is 13.6. The van der Waals surface area contributed by atoms with Crippen LogP contribution in [0.3, 0.4) is 0 Å². The van der Waals surface area contributed by atoms with Crippen LogP contribution in [0.5, 0.6) is 5.75 Å². The number of hydrogen-bond donors (Lipinski definition) is 16. The highest BCUT2D eigenvalue weighted by atomic mass is 32.1. The molecule has 0 aliphatic carbocycles. The molecule has 0 aliphatic heterocycles. The number of thiol groups is 1. The van der Waals surface area contributed by atoms with Crippen LogP contribution in [0.15, 0.2) is 71.7 Å². The van der Waals surface area contributed by atoms with Gasteiger partial charge < -0.3 is 80.8 Å². The van der Waals surface area contributed by atoms with Gasteiger partial charge in [-0.3, -0.25) is 43.3 Å². The van der Waals surface area contributed by atoms with Crippen LogP contribution >= 0.6 is 12.6 Å². The maximum absolute atomic E-state index is 14.5. The first kappa shape index (κ1) is 63.1. The van der Waals surface area contributed by atoms with Crippen molar-refractivity contribution in [1.82, 2.24) is 42.5 Å². The van der Waals surface area contributed by atoms with Crippen LogP contribution < -0.4 is 65.5 Å². The number of aliphatic carboxylic acids is 2. The van der Waals surface area contributed by atoms with Gasteiger partial charge in [0.25, 0.3) is 0 Å². The topological polar surface area (TPSA) is 444 Å². The highest BCUT2D eigenvalue weighted by molar-refractivity contribution is 7.80. The van der Waals surface area contributed by atoms with Crippen LogP contribution in [0.1, 0.15) is 75.8 Å². The molecule has 3 aromatic carbocycles. The number of nitrogens with one attached hydrogen (secondary N) is 8. The molecular formula is C50H71N13O13S. The van der Waals surface area contributed by atoms with Gasteiger partial charge in [-0.1, -0.05) is 54.6 Å².